The van der Waals surface area contributed by atoms with Gasteiger partial charge in [-0.3, -0.25) is 0 Å². The van der Waals surface area contributed by atoms with Crippen molar-refractivity contribution in [2.24, 2.45) is 5.41 Å². The summed E-state index contributed by atoms with van der Waals surface area (Å²) in [7, 11) is -3.91. The summed E-state index contributed by atoms with van der Waals surface area (Å²) in [6.45, 7) is 8.04. The second-order valence-corrected chi connectivity index (χ2v) is 9.99. The van der Waals surface area contributed by atoms with E-state index < -0.39 is 10.1 Å². The van der Waals surface area contributed by atoms with Gasteiger partial charge in [-0.05, 0) is 35.4 Å². The number of aliphatic hydroxyl groups is 1. The summed E-state index contributed by atoms with van der Waals surface area (Å²) in [4.78, 5) is -0.178. The molecule has 1 aromatic rings. The van der Waals surface area contributed by atoms with Gasteiger partial charge in [-0.2, -0.15) is 0 Å². The highest BCUT2D eigenvalue weighted by molar-refractivity contribution is 7.95. The molecule has 0 fully saturated rings. The van der Waals surface area contributed by atoms with Crippen molar-refractivity contribution < 1.29 is 18.1 Å². The van der Waals surface area contributed by atoms with Gasteiger partial charge in [0.05, 0.1) is 17.4 Å². The Morgan fingerprint density at radius 1 is 1.19 bits per heavy atom. The van der Waals surface area contributed by atoms with E-state index in [1.165, 1.54) is 12.1 Å². The van der Waals surface area contributed by atoms with Gasteiger partial charge in [0, 0.05) is 0 Å². The van der Waals surface area contributed by atoms with E-state index in [1.807, 2.05) is 6.92 Å². The molecule has 0 radical (unpaired) electrons. The highest BCUT2D eigenvalue weighted by Crippen LogP contribution is 2.19. The van der Waals surface area contributed by atoms with Crippen LogP contribution in [0.15, 0.2) is 29.2 Å². The molecule has 0 saturated carbocycles. The van der Waals surface area contributed by atoms with Crippen LogP contribution in [0.25, 0.3) is 0 Å². The number of hydrogen-bond donors (Lipinski definition) is 1. The van der Waals surface area contributed by atoms with Gasteiger partial charge in [0.25, 0.3) is 0 Å². The zero-order valence-electron chi connectivity index (χ0n) is 13.6. The Hall–Kier alpha value is -0.560. The molecule has 1 atom stereocenters. The van der Waals surface area contributed by atoms with Crippen LogP contribution in [0.5, 0.6) is 0 Å². The zero-order valence-corrected chi connectivity index (χ0v) is 15.2. The van der Waals surface area contributed by atoms with Gasteiger partial charge in [-0.1, -0.05) is 38.5 Å². The van der Waals surface area contributed by atoms with Crippen molar-refractivity contribution in [3.63, 3.8) is 0 Å². The Kier molecular flexibility index (Phi) is 7.95. The number of hydrogen-bond acceptors (Lipinski definition) is 4. The maximum Gasteiger partial charge on any atom is 0.133 e. The van der Waals surface area contributed by atoms with Crippen molar-refractivity contribution in [1.29, 1.82) is 0 Å². The Bertz CT molecular complexity index is 514. The molecule has 21 heavy (non-hydrogen) atoms. The minimum Gasteiger partial charge on any atom is -0.744 e. The summed E-state index contributed by atoms with van der Waals surface area (Å²) in [5, 5.41) is 9.56. The van der Waals surface area contributed by atoms with Crippen molar-refractivity contribution in [3.8, 4) is 0 Å². The van der Waals surface area contributed by atoms with Crippen LogP contribution in [0.3, 0.4) is 0 Å². The van der Waals surface area contributed by atoms with Gasteiger partial charge in [0.2, 0.25) is 0 Å². The van der Waals surface area contributed by atoms with E-state index in [9.17, 15) is 18.1 Å². The molecule has 0 saturated heterocycles. The Labute approximate surface area is 131 Å². The molecule has 1 N–H and O–H groups in total. The molecular formula is C15H26O4S2. The summed E-state index contributed by atoms with van der Waals surface area (Å²) in [5.41, 5.74) is 0.981. The van der Waals surface area contributed by atoms with Crippen LogP contribution in [0.2, 0.25) is 0 Å². The summed E-state index contributed by atoms with van der Waals surface area (Å²) >= 11 is 0. The van der Waals surface area contributed by atoms with Gasteiger partial charge < -0.3 is 9.66 Å². The largest absolute Gasteiger partial charge is 0.744 e. The summed E-state index contributed by atoms with van der Waals surface area (Å²) in [6, 6.07) is 5.78. The molecule has 0 amide bonds. The third-order valence-electron chi connectivity index (χ3n) is 2.80. The molecule has 122 valence electrons. The minimum absolute atomic E-state index is 0.0528. The molecular weight excluding hydrogens is 308 g/mol. The van der Waals surface area contributed by atoms with Gasteiger partial charge in [-0.25, -0.2) is 8.42 Å². The van der Waals surface area contributed by atoms with E-state index in [4.69, 9.17) is 0 Å². The third-order valence-corrected chi connectivity index (χ3v) is 4.63. The topological polar surface area (TPSA) is 77.4 Å². The summed E-state index contributed by atoms with van der Waals surface area (Å²) < 4.78 is 31.2. The highest BCUT2D eigenvalue weighted by atomic mass is 32.2. The van der Waals surface area contributed by atoms with Gasteiger partial charge >= 0.3 is 0 Å². The van der Waals surface area contributed by atoms with Crippen LogP contribution >= 0.6 is 0 Å². The Balaban J connectivity index is 0.000000384. The standard InChI is InChI=1S/C8H19OS.C7H8O3S/c1-8(2,3)7(9)6-10(4)5;1-6-2-4-7(5-3-6)11(8,9)10/h7,9H,6H2,1-5H3;2-5H,1H3,(H,8,9,10)/q+1;/p-1. The van der Waals surface area contributed by atoms with Crippen LogP contribution in [-0.2, 0) is 21.0 Å². The van der Waals surface area contributed by atoms with E-state index in [2.05, 4.69) is 33.3 Å². The Morgan fingerprint density at radius 2 is 1.62 bits per heavy atom. The second kappa shape index (κ2) is 8.17. The lowest BCUT2D eigenvalue weighted by Gasteiger charge is -2.23. The molecule has 1 unspecified atom stereocenters. The first-order chi connectivity index (χ1) is 9.34. The molecule has 0 heterocycles. The smallest absolute Gasteiger partial charge is 0.133 e. The molecule has 1 aromatic carbocycles. The lowest BCUT2D eigenvalue weighted by molar-refractivity contribution is 0.0838. The summed E-state index contributed by atoms with van der Waals surface area (Å²) in [6.07, 6.45) is 4.18. The summed E-state index contributed by atoms with van der Waals surface area (Å²) in [5.74, 6) is 0.934. The average molecular weight is 335 g/mol. The number of aryl methyl sites for hydroxylation is 1. The highest BCUT2D eigenvalue weighted by Gasteiger charge is 2.26. The first-order valence-electron chi connectivity index (χ1n) is 6.59. The van der Waals surface area contributed by atoms with Crippen molar-refractivity contribution >= 4 is 21.0 Å². The van der Waals surface area contributed by atoms with Crippen molar-refractivity contribution in [2.45, 2.75) is 38.7 Å². The predicted octanol–water partition coefficient (Wildman–Crippen LogP) is 2.17. The normalized spacial score (nSPS) is 13.6. The van der Waals surface area contributed by atoms with E-state index >= 15 is 0 Å². The SMILES string of the molecule is C[S+](C)CC(O)C(C)(C)C.Cc1ccc(S(=O)(=O)[O-])cc1. The molecule has 0 aliphatic heterocycles. The van der Waals surface area contributed by atoms with Gasteiger partial charge in [0.15, 0.2) is 0 Å². The number of aliphatic hydroxyl groups excluding tert-OH is 1. The molecule has 0 spiro atoms. The van der Waals surface area contributed by atoms with Crippen LogP contribution in [-0.4, -0.2) is 42.4 Å². The van der Waals surface area contributed by atoms with Crippen molar-refractivity contribution in [3.05, 3.63) is 29.8 Å². The molecule has 4 nitrogen and oxygen atoms in total. The van der Waals surface area contributed by atoms with Gasteiger partial charge in [0.1, 0.15) is 22.0 Å². The third kappa shape index (κ3) is 9.14. The molecule has 1 rings (SSSR count). The van der Waals surface area contributed by atoms with Crippen LogP contribution < -0.4 is 0 Å². The van der Waals surface area contributed by atoms with Crippen LogP contribution in [0.1, 0.15) is 26.3 Å². The van der Waals surface area contributed by atoms with E-state index in [1.54, 1.807) is 12.1 Å². The maximum atomic E-state index is 10.4. The maximum absolute atomic E-state index is 10.4. The predicted molar refractivity (Wildman–Crippen MR) is 88.7 cm³/mol. The van der Waals surface area contributed by atoms with Crippen LogP contribution in [0, 0.1) is 12.3 Å². The first-order valence-corrected chi connectivity index (χ1v) is 10.2. The average Bonchev–Trinajstić information content (AvgIpc) is 2.26. The fraction of sp³-hybridized carbons (Fsp3) is 0.600. The van der Waals surface area contributed by atoms with E-state index in [0.29, 0.717) is 10.9 Å². The zero-order chi connectivity index (χ0) is 16.8. The lowest BCUT2D eigenvalue weighted by atomic mass is 9.90. The first kappa shape index (κ1) is 20.4. The molecule has 0 bridgehead atoms. The van der Waals surface area contributed by atoms with Crippen molar-refractivity contribution in [2.75, 3.05) is 18.3 Å². The minimum atomic E-state index is -4.27. The molecule has 0 aliphatic rings. The quantitative estimate of drug-likeness (QED) is 0.679. The molecule has 6 heteroatoms. The van der Waals surface area contributed by atoms with Crippen molar-refractivity contribution in [1.82, 2.24) is 0 Å². The lowest BCUT2D eigenvalue weighted by Crippen LogP contribution is -2.32. The monoisotopic (exact) mass is 334 g/mol. The molecule has 0 aromatic heterocycles. The number of benzene rings is 1. The van der Waals surface area contributed by atoms with Crippen LogP contribution in [0.4, 0.5) is 0 Å². The number of rotatable bonds is 3. The fourth-order valence-electron chi connectivity index (χ4n) is 1.27. The molecule has 0 aliphatic carbocycles. The second-order valence-electron chi connectivity index (χ2n) is 6.30. The van der Waals surface area contributed by atoms with Gasteiger partial charge in [-0.15, -0.1) is 0 Å². The van der Waals surface area contributed by atoms with E-state index in [0.717, 1.165) is 11.3 Å². The van der Waals surface area contributed by atoms with E-state index in [-0.39, 0.29) is 16.4 Å². The fourth-order valence-corrected chi connectivity index (χ4v) is 2.87. The Morgan fingerprint density at radius 3 is 1.86 bits per heavy atom.